The SMILES string of the molecule is CCC1NC(=O)CN(C2CCC(C)(C)C2)C1=O. The second-order valence-electron chi connectivity index (χ2n) is 6.06. The number of piperazine rings is 1. The van der Waals surface area contributed by atoms with Crippen LogP contribution < -0.4 is 5.32 Å². The van der Waals surface area contributed by atoms with Crippen LogP contribution in [0.2, 0.25) is 0 Å². The van der Waals surface area contributed by atoms with Gasteiger partial charge < -0.3 is 10.2 Å². The summed E-state index contributed by atoms with van der Waals surface area (Å²) in [4.78, 5) is 25.6. The van der Waals surface area contributed by atoms with Crippen molar-refractivity contribution in [2.45, 2.75) is 58.5 Å². The molecule has 1 saturated carbocycles. The van der Waals surface area contributed by atoms with Gasteiger partial charge in [-0.3, -0.25) is 9.59 Å². The summed E-state index contributed by atoms with van der Waals surface area (Å²) in [5.74, 6) is 0.0935. The Morgan fingerprint density at radius 2 is 2.12 bits per heavy atom. The van der Waals surface area contributed by atoms with E-state index in [-0.39, 0.29) is 30.4 Å². The molecule has 0 aromatic rings. The molecule has 2 aliphatic rings. The number of hydrogen-bond acceptors (Lipinski definition) is 2. The largest absolute Gasteiger partial charge is 0.343 e. The Labute approximate surface area is 103 Å². The van der Waals surface area contributed by atoms with Crippen molar-refractivity contribution in [1.29, 1.82) is 0 Å². The molecule has 96 valence electrons. The van der Waals surface area contributed by atoms with Crippen molar-refractivity contribution >= 4 is 11.8 Å². The molecule has 4 heteroatoms. The predicted molar refractivity (Wildman–Crippen MR) is 65.4 cm³/mol. The first-order valence-electron chi connectivity index (χ1n) is 6.53. The highest BCUT2D eigenvalue weighted by Crippen LogP contribution is 2.39. The van der Waals surface area contributed by atoms with Gasteiger partial charge in [-0.05, 0) is 31.1 Å². The third kappa shape index (κ3) is 2.45. The number of nitrogens with zero attached hydrogens (tertiary/aromatic N) is 1. The van der Waals surface area contributed by atoms with Crippen LogP contribution in [0, 0.1) is 5.41 Å². The van der Waals surface area contributed by atoms with Crippen LogP contribution >= 0.6 is 0 Å². The Hall–Kier alpha value is -1.06. The summed E-state index contributed by atoms with van der Waals surface area (Å²) >= 11 is 0. The molecule has 2 amide bonds. The van der Waals surface area contributed by atoms with Crippen LogP contribution in [-0.4, -0.2) is 35.3 Å². The lowest BCUT2D eigenvalue weighted by molar-refractivity contribution is -0.146. The molecule has 0 aromatic carbocycles. The number of amides is 2. The van der Waals surface area contributed by atoms with E-state index in [4.69, 9.17) is 0 Å². The number of hydrogen-bond donors (Lipinski definition) is 1. The minimum Gasteiger partial charge on any atom is -0.343 e. The first kappa shape index (κ1) is 12.4. The number of rotatable bonds is 2. The fourth-order valence-electron chi connectivity index (χ4n) is 2.99. The molecule has 1 aliphatic heterocycles. The van der Waals surface area contributed by atoms with Gasteiger partial charge in [0.05, 0.1) is 6.54 Å². The lowest BCUT2D eigenvalue weighted by atomic mass is 9.91. The third-order valence-electron chi connectivity index (χ3n) is 4.02. The quantitative estimate of drug-likeness (QED) is 0.788. The fraction of sp³-hybridized carbons (Fsp3) is 0.846. The maximum absolute atomic E-state index is 12.2. The summed E-state index contributed by atoms with van der Waals surface area (Å²) < 4.78 is 0. The average molecular weight is 238 g/mol. The molecule has 2 fully saturated rings. The van der Waals surface area contributed by atoms with Crippen LogP contribution in [0.1, 0.15) is 46.5 Å². The zero-order valence-electron chi connectivity index (χ0n) is 11.0. The monoisotopic (exact) mass is 238 g/mol. The first-order chi connectivity index (χ1) is 7.93. The summed E-state index contributed by atoms with van der Waals surface area (Å²) in [5, 5.41) is 2.76. The van der Waals surface area contributed by atoms with Gasteiger partial charge in [0.2, 0.25) is 11.8 Å². The summed E-state index contributed by atoms with van der Waals surface area (Å²) in [7, 11) is 0. The van der Waals surface area contributed by atoms with E-state index in [0.29, 0.717) is 11.8 Å². The molecule has 0 bridgehead atoms. The average Bonchev–Trinajstić information content (AvgIpc) is 2.61. The molecular weight excluding hydrogens is 216 g/mol. The summed E-state index contributed by atoms with van der Waals surface area (Å²) in [5.41, 5.74) is 0.306. The minimum absolute atomic E-state index is 0.0128. The Bertz CT molecular complexity index is 338. The smallest absolute Gasteiger partial charge is 0.245 e. The van der Waals surface area contributed by atoms with Crippen molar-refractivity contribution < 1.29 is 9.59 Å². The molecule has 0 spiro atoms. The maximum Gasteiger partial charge on any atom is 0.245 e. The number of carbonyl (C=O) groups is 2. The van der Waals surface area contributed by atoms with Gasteiger partial charge in [-0.1, -0.05) is 20.8 Å². The van der Waals surface area contributed by atoms with Crippen molar-refractivity contribution in [2.24, 2.45) is 5.41 Å². The van der Waals surface area contributed by atoms with Gasteiger partial charge in [0.15, 0.2) is 0 Å². The molecule has 1 heterocycles. The Balaban J connectivity index is 2.09. The van der Waals surface area contributed by atoms with Crippen LogP contribution in [0.15, 0.2) is 0 Å². The highest BCUT2D eigenvalue weighted by molar-refractivity contribution is 5.95. The van der Waals surface area contributed by atoms with E-state index in [9.17, 15) is 9.59 Å². The van der Waals surface area contributed by atoms with Crippen molar-refractivity contribution in [1.82, 2.24) is 10.2 Å². The van der Waals surface area contributed by atoms with E-state index in [2.05, 4.69) is 19.2 Å². The van der Waals surface area contributed by atoms with E-state index in [1.807, 2.05) is 11.8 Å². The molecule has 0 radical (unpaired) electrons. The van der Waals surface area contributed by atoms with Crippen molar-refractivity contribution in [3.63, 3.8) is 0 Å². The predicted octanol–water partition coefficient (Wildman–Crippen LogP) is 1.30. The molecule has 17 heavy (non-hydrogen) atoms. The summed E-state index contributed by atoms with van der Waals surface area (Å²) in [6.07, 6.45) is 3.86. The minimum atomic E-state index is -0.306. The molecular formula is C13H22N2O2. The van der Waals surface area contributed by atoms with Crippen LogP contribution in [0.3, 0.4) is 0 Å². The number of nitrogens with one attached hydrogen (secondary N) is 1. The summed E-state index contributed by atoms with van der Waals surface area (Å²) in [6, 6.07) is -0.0439. The fourth-order valence-corrected chi connectivity index (χ4v) is 2.99. The van der Waals surface area contributed by atoms with Gasteiger partial charge in [-0.25, -0.2) is 0 Å². The maximum atomic E-state index is 12.2. The van der Waals surface area contributed by atoms with E-state index in [0.717, 1.165) is 19.3 Å². The van der Waals surface area contributed by atoms with E-state index in [1.165, 1.54) is 0 Å². The molecule has 1 saturated heterocycles. The number of carbonyl (C=O) groups excluding carboxylic acids is 2. The second-order valence-corrected chi connectivity index (χ2v) is 6.06. The van der Waals surface area contributed by atoms with Gasteiger partial charge in [0.1, 0.15) is 6.04 Å². The van der Waals surface area contributed by atoms with E-state index in [1.54, 1.807) is 0 Å². The second kappa shape index (κ2) is 4.31. The van der Waals surface area contributed by atoms with Gasteiger partial charge in [-0.2, -0.15) is 0 Å². The summed E-state index contributed by atoms with van der Waals surface area (Å²) in [6.45, 7) is 6.65. The first-order valence-corrected chi connectivity index (χ1v) is 6.53. The van der Waals surface area contributed by atoms with Gasteiger partial charge in [0, 0.05) is 6.04 Å². The van der Waals surface area contributed by atoms with Crippen LogP contribution in [0.5, 0.6) is 0 Å². The van der Waals surface area contributed by atoms with E-state index >= 15 is 0 Å². The third-order valence-corrected chi connectivity index (χ3v) is 4.02. The van der Waals surface area contributed by atoms with Crippen molar-refractivity contribution in [2.75, 3.05) is 6.54 Å². The van der Waals surface area contributed by atoms with Gasteiger partial charge in [0.25, 0.3) is 0 Å². The highest BCUT2D eigenvalue weighted by atomic mass is 16.2. The molecule has 2 atom stereocenters. The van der Waals surface area contributed by atoms with Crippen molar-refractivity contribution in [3.05, 3.63) is 0 Å². The lowest BCUT2D eigenvalue weighted by Gasteiger charge is -2.36. The van der Waals surface area contributed by atoms with Gasteiger partial charge >= 0.3 is 0 Å². The molecule has 1 N–H and O–H groups in total. The Morgan fingerprint density at radius 3 is 2.65 bits per heavy atom. The topological polar surface area (TPSA) is 49.4 Å². The van der Waals surface area contributed by atoms with Gasteiger partial charge in [-0.15, -0.1) is 0 Å². The molecule has 0 aromatic heterocycles. The lowest BCUT2D eigenvalue weighted by Crippen LogP contribution is -2.60. The van der Waals surface area contributed by atoms with E-state index < -0.39 is 0 Å². The molecule has 4 nitrogen and oxygen atoms in total. The van der Waals surface area contributed by atoms with Crippen LogP contribution in [0.4, 0.5) is 0 Å². The van der Waals surface area contributed by atoms with Crippen LogP contribution in [0.25, 0.3) is 0 Å². The zero-order valence-corrected chi connectivity index (χ0v) is 11.0. The Morgan fingerprint density at radius 1 is 1.41 bits per heavy atom. The standard InChI is InChI=1S/C13H22N2O2/c1-4-10-12(17)15(8-11(16)14-10)9-5-6-13(2,3)7-9/h9-10H,4-8H2,1-3H3,(H,14,16). The zero-order chi connectivity index (χ0) is 12.6. The Kier molecular flexibility index (Phi) is 3.15. The molecule has 1 aliphatic carbocycles. The molecule has 2 rings (SSSR count). The van der Waals surface area contributed by atoms with Crippen molar-refractivity contribution in [3.8, 4) is 0 Å². The van der Waals surface area contributed by atoms with Crippen LogP contribution in [-0.2, 0) is 9.59 Å². The highest BCUT2D eigenvalue weighted by Gasteiger charge is 2.40. The molecule has 2 unspecified atom stereocenters. The normalized spacial score (nSPS) is 32.8.